The van der Waals surface area contributed by atoms with E-state index < -0.39 is 5.60 Å². The minimum atomic E-state index is -0.810. The zero-order chi connectivity index (χ0) is 10.2. The van der Waals surface area contributed by atoms with E-state index in [4.69, 9.17) is 5.73 Å². The van der Waals surface area contributed by atoms with Gasteiger partial charge < -0.3 is 15.4 Å². The third-order valence-electron chi connectivity index (χ3n) is 3.00. The van der Waals surface area contributed by atoms with Crippen molar-refractivity contribution in [2.45, 2.75) is 37.3 Å². The molecule has 1 aromatic rings. The lowest BCUT2D eigenvalue weighted by molar-refractivity contribution is -0.0174. The van der Waals surface area contributed by atoms with E-state index in [1.54, 1.807) is 6.20 Å². The zero-order valence-corrected chi connectivity index (χ0v) is 10.9. The molecule has 94 valence electrons. The summed E-state index contributed by atoms with van der Waals surface area (Å²) < 4.78 is 1.87. The summed E-state index contributed by atoms with van der Waals surface area (Å²) >= 11 is 0. The van der Waals surface area contributed by atoms with E-state index in [-0.39, 0.29) is 30.9 Å². The predicted molar refractivity (Wildman–Crippen MR) is 68.0 cm³/mol. The molecule has 0 radical (unpaired) electrons. The van der Waals surface area contributed by atoms with Crippen molar-refractivity contribution < 1.29 is 5.11 Å². The number of imidazole rings is 1. The summed E-state index contributed by atoms with van der Waals surface area (Å²) in [5.74, 6) is 0.743. The molecule has 1 fully saturated rings. The third kappa shape index (κ3) is 2.88. The van der Waals surface area contributed by atoms with E-state index in [1.165, 1.54) is 0 Å². The van der Waals surface area contributed by atoms with Gasteiger partial charge in [0.05, 0.1) is 0 Å². The topological polar surface area (TPSA) is 64.1 Å². The van der Waals surface area contributed by atoms with E-state index in [0.717, 1.165) is 25.1 Å². The first-order valence-corrected chi connectivity index (χ1v) is 5.07. The lowest BCUT2D eigenvalue weighted by Crippen LogP contribution is -2.40. The molecular weight excluding hydrogens is 249 g/mol. The molecular formula is C10H19Cl2N3O. The Hall–Kier alpha value is -0.290. The molecule has 0 aliphatic heterocycles. The summed E-state index contributed by atoms with van der Waals surface area (Å²) in [5.41, 5.74) is 5.06. The summed E-state index contributed by atoms with van der Waals surface area (Å²) in [5, 5.41) is 10.4. The van der Waals surface area contributed by atoms with Crippen molar-refractivity contribution >= 4 is 24.8 Å². The maximum Gasteiger partial charge on any atom is 0.140 e. The van der Waals surface area contributed by atoms with Gasteiger partial charge in [-0.1, -0.05) is 0 Å². The fraction of sp³-hybridized carbons (Fsp3) is 0.700. The normalized spacial score (nSPS) is 29.1. The van der Waals surface area contributed by atoms with Crippen LogP contribution in [0, 0.1) is 0 Å². The van der Waals surface area contributed by atoms with E-state index in [2.05, 4.69) is 4.98 Å². The Morgan fingerprint density at radius 2 is 2.25 bits per heavy atom. The quantitative estimate of drug-likeness (QED) is 0.808. The van der Waals surface area contributed by atoms with Crippen LogP contribution < -0.4 is 5.73 Å². The Balaban J connectivity index is 0.00000112. The fourth-order valence-electron chi connectivity index (χ4n) is 2.31. The van der Waals surface area contributed by atoms with Gasteiger partial charge in [0.25, 0.3) is 0 Å². The van der Waals surface area contributed by atoms with E-state index in [1.807, 2.05) is 17.8 Å². The van der Waals surface area contributed by atoms with Gasteiger partial charge in [-0.25, -0.2) is 4.98 Å². The summed E-state index contributed by atoms with van der Waals surface area (Å²) in [6.07, 6.45) is 6.95. The highest BCUT2D eigenvalue weighted by Gasteiger charge is 2.37. The minimum Gasteiger partial charge on any atom is -0.382 e. The Morgan fingerprint density at radius 3 is 2.75 bits per heavy atom. The molecule has 2 rings (SSSR count). The first-order chi connectivity index (χ1) is 6.62. The Morgan fingerprint density at radius 1 is 1.56 bits per heavy atom. The number of aryl methyl sites for hydroxylation is 1. The van der Waals surface area contributed by atoms with Gasteiger partial charge >= 0.3 is 0 Å². The second kappa shape index (κ2) is 5.87. The second-order valence-corrected chi connectivity index (χ2v) is 4.25. The molecule has 1 heterocycles. The molecule has 2 atom stereocenters. The van der Waals surface area contributed by atoms with Crippen molar-refractivity contribution in [3.8, 4) is 0 Å². The average Bonchev–Trinajstić information content (AvgIpc) is 2.51. The predicted octanol–water partition coefficient (Wildman–Crippen LogP) is 1.35. The molecule has 16 heavy (non-hydrogen) atoms. The van der Waals surface area contributed by atoms with Gasteiger partial charge in [-0.3, -0.25) is 0 Å². The van der Waals surface area contributed by atoms with Gasteiger partial charge in [-0.2, -0.15) is 0 Å². The highest BCUT2D eigenvalue weighted by Crippen LogP contribution is 2.35. The number of aromatic nitrogens is 2. The van der Waals surface area contributed by atoms with Crippen LogP contribution in [0.25, 0.3) is 0 Å². The van der Waals surface area contributed by atoms with Crippen molar-refractivity contribution in [2.24, 2.45) is 12.8 Å². The molecule has 0 aromatic carbocycles. The number of halogens is 2. The molecule has 4 nitrogen and oxygen atoms in total. The molecule has 1 aliphatic rings. The Labute approximate surface area is 108 Å². The standard InChI is InChI=1S/C10H17N3O.2ClH/c1-13-6-5-12-9(13)10(14)4-2-3-8(11)7-10;;/h5-6,8,14H,2-4,7,11H2,1H3;2*1H/t8-,10+;;/m0../s1. The first-order valence-electron chi connectivity index (χ1n) is 5.07. The molecule has 0 unspecified atom stereocenters. The van der Waals surface area contributed by atoms with Crippen molar-refractivity contribution in [3.63, 3.8) is 0 Å². The summed E-state index contributed by atoms with van der Waals surface area (Å²) in [6, 6.07) is 0.102. The van der Waals surface area contributed by atoms with Gasteiger partial charge in [0.1, 0.15) is 11.4 Å². The number of hydrogen-bond donors (Lipinski definition) is 2. The molecule has 0 amide bonds. The van der Waals surface area contributed by atoms with Crippen LogP contribution in [0.1, 0.15) is 31.5 Å². The molecule has 0 bridgehead atoms. The maximum atomic E-state index is 10.4. The highest BCUT2D eigenvalue weighted by atomic mass is 35.5. The smallest absolute Gasteiger partial charge is 0.140 e. The highest BCUT2D eigenvalue weighted by molar-refractivity contribution is 5.85. The number of rotatable bonds is 1. The lowest BCUT2D eigenvalue weighted by Gasteiger charge is -2.34. The molecule has 0 saturated heterocycles. The zero-order valence-electron chi connectivity index (χ0n) is 9.30. The van der Waals surface area contributed by atoms with Crippen molar-refractivity contribution in [1.82, 2.24) is 9.55 Å². The molecule has 0 spiro atoms. The van der Waals surface area contributed by atoms with Crippen LogP contribution in [0.5, 0.6) is 0 Å². The van der Waals surface area contributed by atoms with Crippen LogP contribution in [0.2, 0.25) is 0 Å². The van der Waals surface area contributed by atoms with Gasteiger partial charge in [0.2, 0.25) is 0 Å². The molecule has 3 N–H and O–H groups in total. The van der Waals surface area contributed by atoms with Gasteiger partial charge in [0.15, 0.2) is 0 Å². The summed E-state index contributed by atoms with van der Waals surface area (Å²) in [6.45, 7) is 0. The van der Waals surface area contributed by atoms with E-state index >= 15 is 0 Å². The van der Waals surface area contributed by atoms with Crippen LogP contribution in [0.15, 0.2) is 12.4 Å². The molecule has 6 heteroatoms. The SMILES string of the molecule is Cl.Cl.Cn1ccnc1[C@@]1(O)CCC[C@H](N)C1. The first kappa shape index (κ1) is 15.7. The van der Waals surface area contributed by atoms with Gasteiger partial charge in [0, 0.05) is 25.5 Å². The number of nitrogens with two attached hydrogens (primary N) is 1. The number of nitrogens with zero attached hydrogens (tertiary/aromatic N) is 2. The molecule has 1 saturated carbocycles. The van der Waals surface area contributed by atoms with Gasteiger partial charge in [-0.05, 0) is 25.7 Å². The molecule has 1 aliphatic carbocycles. The second-order valence-electron chi connectivity index (χ2n) is 4.25. The minimum absolute atomic E-state index is 0. The van der Waals surface area contributed by atoms with Crippen LogP contribution in [-0.4, -0.2) is 20.7 Å². The monoisotopic (exact) mass is 267 g/mol. The van der Waals surface area contributed by atoms with Crippen LogP contribution in [-0.2, 0) is 12.6 Å². The van der Waals surface area contributed by atoms with E-state index in [9.17, 15) is 5.11 Å². The summed E-state index contributed by atoms with van der Waals surface area (Å²) in [7, 11) is 1.90. The molecule has 1 aromatic heterocycles. The number of hydrogen-bond acceptors (Lipinski definition) is 3. The third-order valence-corrected chi connectivity index (χ3v) is 3.00. The van der Waals surface area contributed by atoms with Crippen LogP contribution in [0.3, 0.4) is 0 Å². The maximum absolute atomic E-state index is 10.4. The number of aliphatic hydroxyl groups is 1. The van der Waals surface area contributed by atoms with E-state index in [0.29, 0.717) is 6.42 Å². The largest absolute Gasteiger partial charge is 0.382 e. The lowest BCUT2D eigenvalue weighted by atomic mass is 9.81. The van der Waals surface area contributed by atoms with Gasteiger partial charge in [-0.15, -0.1) is 24.8 Å². The Bertz CT molecular complexity index is 332. The van der Waals surface area contributed by atoms with Crippen molar-refractivity contribution in [2.75, 3.05) is 0 Å². The fourth-order valence-corrected chi connectivity index (χ4v) is 2.31. The average molecular weight is 268 g/mol. The van der Waals surface area contributed by atoms with Crippen LogP contribution >= 0.6 is 24.8 Å². The summed E-state index contributed by atoms with van der Waals surface area (Å²) in [4.78, 5) is 4.20. The van der Waals surface area contributed by atoms with Crippen LogP contribution in [0.4, 0.5) is 0 Å². The van der Waals surface area contributed by atoms with Crippen molar-refractivity contribution in [3.05, 3.63) is 18.2 Å². The van der Waals surface area contributed by atoms with Crippen molar-refractivity contribution in [1.29, 1.82) is 0 Å². The Kier molecular flexibility index (Phi) is 5.76.